The molecule has 1 amide bonds. The molecule has 0 atom stereocenters. The number of nitrogens with zero attached hydrogens (tertiary/aromatic N) is 4. The van der Waals surface area contributed by atoms with Crippen molar-refractivity contribution in [3.63, 3.8) is 0 Å². The topological polar surface area (TPSA) is 81.4 Å². The van der Waals surface area contributed by atoms with Gasteiger partial charge in [-0.1, -0.05) is 0 Å². The number of ether oxygens (including phenoxy) is 1. The number of carbonyl (C=O) groups excluding carboxylic acids is 1. The molecular weight excluding hydrogens is 361 g/mol. The highest BCUT2D eigenvalue weighted by atomic mass is 127. The van der Waals surface area contributed by atoms with Gasteiger partial charge in [0.05, 0.1) is 9.26 Å². The Labute approximate surface area is 123 Å². The number of aromatic nitrogens is 4. The van der Waals surface area contributed by atoms with Gasteiger partial charge in [-0.2, -0.15) is 14.6 Å². The lowest BCUT2D eigenvalue weighted by Gasteiger charge is -2.20. The molecule has 1 N–H and O–H groups in total. The Balaban J connectivity index is 2.37. The number of carbonyl (C=O) groups is 1. The van der Waals surface area contributed by atoms with Gasteiger partial charge < -0.3 is 4.74 Å². The van der Waals surface area contributed by atoms with Gasteiger partial charge in [0.2, 0.25) is 0 Å². The predicted molar refractivity (Wildman–Crippen MR) is 78.1 cm³/mol. The number of anilines is 1. The van der Waals surface area contributed by atoms with E-state index in [-0.39, 0.29) is 0 Å². The van der Waals surface area contributed by atoms with Crippen molar-refractivity contribution in [3.8, 4) is 0 Å². The average Bonchev–Trinajstić information content (AvgIpc) is 2.69. The minimum atomic E-state index is -0.556. The first-order valence-corrected chi connectivity index (χ1v) is 6.71. The molecule has 0 saturated carbocycles. The summed E-state index contributed by atoms with van der Waals surface area (Å²) in [4.78, 5) is 20.1. The van der Waals surface area contributed by atoms with Gasteiger partial charge in [-0.3, -0.25) is 5.32 Å². The molecule has 2 heterocycles. The van der Waals surface area contributed by atoms with E-state index in [9.17, 15) is 4.79 Å². The molecule has 102 valence electrons. The van der Waals surface area contributed by atoms with Gasteiger partial charge in [-0.25, -0.2) is 9.78 Å². The molecule has 0 aliphatic heterocycles. The third kappa shape index (κ3) is 3.11. The number of fused-ring (bicyclic) bond motifs is 1. The molecule has 7 nitrogen and oxygen atoms in total. The van der Waals surface area contributed by atoms with Gasteiger partial charge in [0.1, 0.15) is 11.9 Å². The lowest BCUT2D eigenvalue weighted by molar-refractivity contribution is 0.0635. The highest BCUT2D eigenvalue weighted by Gasteiger charge is 2.20. The van der Waals surface area contributed by atoms with Crippen molar-refractivity contribution in [2.24, 2.45) is 0 Å². The lowest BCUT2D eigenvalue weighted by atomic mass is 10.2. The number of amides is 1. The highest BCUT2D eigenvalue weighted by Crippen LogP contribution is 2.21. The molecule has 8 heteroatoms. The van der Waals surface area contributed by atoms with E-state index in [0.29, 0.717) is 11.6 Å². The number of halogens is 1. The van der Waals surface area contributed by atoms with Crippen LogP contribution in [0.25, 0.3) is 5.78 Å². The first-order valence-electron chi connectivity index (χ1n) is 5.64. The Morgan fingerprint density at radius 2 is 2.16 bits per heavy atom. The fourth-order valence-electron chi connectivity index (χ4n) is 1.44. The zero-order valence-electron chi connectivity index (χ0n) is 11.1. The van der Waals surface area contributed by atoms with Crippen molar-refractivity contribution in [1.29, 1.82) is 0 Å². The fraction of sp³-hybridized carbons (Fsp3) is 0.455. The number of hydrogen-bond acceptors (Lipinski definition) is 5. The van der Waals surface area contributed by atoms with Crippen LogP contribution in [-0.4, -0.2) is 31.3 Å². The van der Waals surface area contributed by atoms with Gasteiger partial charge >= 0.3 is 6.09 Å². The fourth-order valence-corrected chi connectivity index (χ4v) is 1.92. The Morgan fingerprint density at radius 3 is 2.79 bits per heavy atom. The van der Waals surface area contributed by atoms with E-state index >= 15 is 0 Å². The maximum Gasteiger partial charge on any atom is 0.413 e. The van der Waals surface area contributed by atoms with E-state index in [0.717, 1.165) is 9.26 Å². The Bertz CT molecular complexity index is 632. The minimum Gasteiger partial charge on any atom is -0.444 e. The molecular formula is C11H14IN5O2. The molecule has 0 aromatic carbocycles. The standard InChI is InChI=1S/C11H14IN5O2/c1-6-7(12)8(16-10(18)19-11(2,3)4)17-9(15-6)13-5-14-17/h5H,1-4H3,(H,16,18). The summed E-state index contributed by atoms with van der Waals surface area (Å²) in [6.07, 6.45) is 0.853. The zero-order chi connectivity index (χ0) is 14.2. The number of nitrogens with one attached hydrogen (secondary N) is 1. The van der Waals surface area contributed by atoms with Crippen molar-refractivity contribution < 1.29 is 9.53 Å². The van der Waals surface area contributed by atoms with Crippen molar-refractivity contribution in [3.05, 3.63) is 15.6 Å². The summed E-state index contributed by atoms with van der Waals surface area (Å²) in [5, 5.41) is 6.73. The summed E-state index contributed by atoms with van der Waals surface area (Å²) in [5.41, 5.74) is 0.214. The minimum absolute atomic E-state index is 0.434. The molecule has 19 heavy (non-hydrogen) atoms. The van der Waals surface area contributed by atoms with Crippen molar-refractivity contribution >= 4 is 40.3 Å². The van der Waals surface area contributed by atoms with Gasteiger partial charge in [-0.05, 0) is 50.3 Å². The van der Waals surface area contributed by atoms with E-state index in [1.54, 1.807) is 20.8 Å². The molecule has 0 aliphatic carbocycles. The maximum atomic E-state index is 11.8. The second-order valence-corrected chi connectivity index (χ2v) is 6.04. The second-order valence-electron chi connectivity index (χ2n) is 4.96. The summed E-state index contributed by atoms with van der Waals surface area (Å²) >= 11 is 2.10. The quantitative estimate of drug-likeness (QED) is 0.775. The summed E-state index contributed by atoms with van der Waals surface area (Å²) in [6, 6.07) is 0. The van der Waals surface area contributed by atoms with Crippen LogP contribution < -0.4 is 5.32 Å². The van der Waals surface area contributed by atoms with Crippen LogP contribution in [0.15, 0.2) is 6.33 Å². The van der Waals surface area contributed by atoms with Gasteiger partial charge in [0.25, 0.3) is 5.78 Å². The van der Waals surface area contributed by atoms with Crippen molar-refractivity contribution in [2.45, 2.75) is 33.3 Å². The average molecular weight is 375 g/mol. The molecule has 2 aromatic rings. The number of aryl methyl sites for hydroxylation is 1. The van der Waals surface area contributed by atoms with Crippen molar-refractivity contribution in [2.75, 3.05) is 5.32 Å². The van der Waals surface area contributed by atoms with Crippen LogP contribution in [0.4, 0.5) is 10.6 Å². The predicted octanol–water partition coefficient (Wildman–Crippen LogP) is 2.38. The van der Waals surface area contributed by atoms with E-state index in [2.05, 4.69) is 43.0 Å². The van der Waals surface area contributed by atoms with Crippen LogP contribution in [0.2, 0.25) is 0 Å². The van der Waals surface area contributed by atoms with Crippen LogP contribution in [-0.2, 0) is 4.74 Å². The molecule has 0 bridgehead atoms. The first kappa shape index (κ1) is 14.0. The monoisotopic (exact) mass is 375 g/mol. The van der Waals surface area contributed by atoms with Crippen molar-refractivity contribution in [1.82, 2.24) is 19.6 Å². The van der Waals surface area contributed by atoms with Crippen LogP contribution >= 0.6 is 22.6 Å². The first-order chi connectivity index (χ1) is 8.78. The maximum absolute atomic E-state index is 11.8. The third-order valence-electron chi connectivity index (χ3n) is 2.15. The Hall–Kier alpha value is -1.45. The molecule has 0 fully saturated rings. The molecule has 0 saturated heterocycles. The number of hydrogen-bond donors (Lipinski definition) is 1. The second kappa shape index (κ2) is 4.91. The zero-order valence-corrected chi connectivity index (χ0v) is 13.2. The molecule has 2 aromatic heterocycles. The summed E-state index contributed by atoms with van der Waals surface area (Å²) < 4.78 is 7.49. The van der Waals surface area contributed by atoms with E-state index in [4.69, 9.17) is 4.74 Å². The normalized spacial score (nSPS) is 11.6. The summed E-state index contributed by atoms with van der Waals surface area (Å²) in [7, 11) is 0. The van der Waals surface area contributed by atoms with Gasteiger partial charge in [0, 0.05) is 0 Å². The van der Waals surface area contributed by atoms with Crippen LogP contribution in [0.5, 0.6) is 0 Å². The van der Waals surface area contributed by atoms with E-state index in [1.807, 2.05) is 6.92 Å². The molecule has 0 spiro atoms. The van der Waals surface area contributed by atoms with Crippen LogP contribution in [0.1, 0.15) is 26.5 Å². The van der Waals surface area contributed by atoms with Crippen LogP contribution in [0.3, 0.4) is 0 Å². The molecule has 0 aliphatic rings. The third-order valence-corrected chi connectivity index (χ3v) is 3.45. The summed E-state index contributed by atoms with van der Waals surface area (Å²) in [6.45, 7) is 7.26. The molecule has 2 rings (SSSR count). The van der Waals surface area contributed by atoms with Gasteiger partial charge in [0.15, 0.2) is 5.82 Å². The van der Waals surface area contributed by atoms with E-state index < -0.39 is 11.7 Å². The van der Waals surface area contributed by atoms with Crippen LogP contribution in [0, 0.1) is 10.5 Å². The highest BCUT2D eigenvalue weighted by molar-refractivity contribution is 14.1. The molecule has 0 radical (unpaired) electrons. The smallest absolute Gasteiger partial charge is 0.413 e. The SMILES string of the molecule is Cc1nc2ncnn2c(NC(=O)OC(C)(C)C)c1I. The van der Waals surface area contributed by atoms with Gasteiger partial charge in [-0.15, -0.1) is 0 Å². The Kier molecular flexibility index (Phi) is 3.61. The largest absolute Gasteiger partial charge is 0.444 e. The lowest BCUT2D eigenvalue weighted by Crippen LogP contribution is -2.28. The molecule has 0 unspecified atom stereocenters. The Morgan fingerprint density at radius 1 is 1.47 bits per heavy atom. The van der Waals surface area contributed by atoms with E-state index in [1.165, 1.54) is 10.8 Å². The number of rotatable bonds is 1. The summed E-state index contributed by atoms with van der Waals surface area (Å²) in [5.74, 6) is 0.943.